The number of amides is 1. The van der Waals surface area contributed by atoms with Gasteiger partial charge in [0.05, 0.1) is 11.5 Å². The SMILES string of the molecule is CC1(C)OCC(c2cc(Br)ccc2F)(C(F)F)N(S(=O)(=O)c2ccccc2[N+](=O)[O-])C1=O. The van der Waals surface area contributed by atoms with Crippen LogP contribution in [0, 0.1) is 15.9 Å². The van der Waals surface area contributed by atoms with Gasteiger partial charge in [-0.3, -0.25) is 14.9 Å². The fraction of sp³-hybridized carbons (Fsp3) is 0.316. The van der Waals surface area contributed by atoms with Crippen LogP contribution in [0.2, 0.25) is 0 Å². The third-order valence-corrected chi connectivity index (χ3v) is 7.42. The van der Waals surface area contributed by atoms with Crippen molar-refractivity contribution in [3.63, 3.8) is 0 Å². The predicted octanol–water partition coefficient (Wildman–Crippen LogP) is 3.98. The highest BCUT2D eigenvalue weighted by atomic mass is 79.9. The maximum Gasteiger partial charge on any atom is 0.289 e. The Bertz CT molecular complexity index is 1210. The first-order valence-corrected chi connectivity index (χ1v) is 11.2. The van der Waals surface area contributed by atoms with Crippen molar-refractivity contribution in [1.29, 1.82) is 0 Å². The highest BCUT2D eigenvalue weighted by molar-refractivity contribution is 9.10. The van der Waals surface area contributed by atoms with Crippen molar-refractivity contribution in [2.75, 3.05) is 6.61 Å². The third-order valence-electron chi connectivity index (χ3n) is 5.05. The highest BCUT2D eigenvalue weighted by Gasteiger charge is 2.63. The van der Waals surface area contributed by atoms with E-state index in [1.54, 1.807) is 0 Å². The predicted molar refractivity (Wildman–Crippen MR) is 109 cm³/mol. The molecule has 0 saturated carbocycles. The molecule has 172 valence electrons. The molecule has 1 aliphatic rings. The number of hydrogen-bond acceptors (Lipinski definition) is 6. The van der Waals surface area contributed by atoms with Gasteiger partial charge in [-0.05, 0) is 38.1 Å². The Labute approximate surface area is 189 Å². The zero-order chi connectivity index (χ0) is 24.1. The lowest BCUT2D eigenvalue weighted by molar-refractivity contribution is -0.387. The molecule has 0 spiro atoms. The van der Waals surface area contributed by atoms with Crippen molar-refractivity contribution in [2.24, 2.45) is 0 Å². The van der Waals surface area contributed by atoms with Gasteiger partial charge in [0.1, 0.15) is 11.4 Å². The van der Waals surface area contributed by atoms with E-state index in [1.807, 2.05) is 0 Å². The van der Waals surface area contributed by atoms with Gasteiger partial charge in [-0.15, -0.1) is 0 Å². The van der Waals surface area contributed by atoms with Crippen LogP contribution in [-0.4, -0.2) is 42.2 Å². The molecule has 0 radical (unpaired) electrons. The summed E-state index contributed by atoms with van der Waals surface area (Å²) in [6.45, 7) is 1.23. The van der Waals surface area contributed by atoms with Gasteiger partial charge in [-0.25, -0.2) is 25.9 Å². The van der Waals surface area contributed by atoms with E-state index < -0.39 is 67.0 Å². The van der Waals surface area contributed by atoms with Crippen molar-refractivity contribution in [3.05, 3.63) is 68.4 Å². The fourth-order valence-corrected chi connectivity index (χ4v) is 5.68. The van der Waals surface area contributed by atoms with Crippen molar-refractivity contribution in [2.45, 2.75) is 36.3 Å². The second-order valence-corrected chi connectivity index (χ2v) is 10.1. The largest absolute Gasteiger partial charge is 0.363 e. The summed E-state index contributed by atoms with van der Waals surface area (Å²) in [5.74, 6) is -2.64. The Hall–Kier alpha value is -2.51. The summed E-state index contributed by atoms with van der Waals surface area (Å²) in [5.41, 5.74) is -6.77. The molecule has 8 nitrogen and oxygen atoms in total. The number of nitro groups is 1. The molecule has 1 saturated heterocycles. The molecule has 0 aromatic heterocycles. The maximum atomic E-state index is 14.8. The molecule has 1 aliphatic heterocycles. The second-order valence-electron chi connectivity index (χ2n) is 7.45. The Morgan fingerprint density at radius 2 is 1.84 bits per heavy atom. The number of nitrogens with zero attached hydrogens (tertiary/aromatic N) is 2. The van der Waals surface area contributed by atoms with Gasteiger partial charge < -0.3 is 4.74 Å². The third kappa shape index (κ3) is 3.67. The first-order chi connectivity index (χ1) is 14.8. The highest BCUT2D eigenvalue weighted by Crippen LogP contribution is 2.47. The molecule has 1 unspecified atom stereocenters. The van der Waals surface area contributed by atoms with Gasteiger partial charge in [0.15, 0.2) is 10.4 Å². The molecule has 1 fully saturated rings. The fourth-order valence-electron chi connectivity index (χ4n) is 3.37. The molecule has 32 heavy (non-hydrogen) atoms. The van der Waals surface area contributed by atoms with Gasteiger partial charge in [0.2, 0.25) is 0 Å². The van der Waals surface area contributed by atoms with Crippen LogP contribution in [0.3, 0.4) is 0 Å². The Morgan fingerprint density at radius 1 is 1.22 bits per heavy atom. The summed E-state index contributed by atoms with van der Waals surface area (Å²) >= 11 is 3.03. The molecular weight excluding hydrogens is 521 g/mol. The molecule has 3 rings (SSSR count). The summed E-state index contributed by atoms with van der Waals surface area (Å²) in [6.07, 6.45) is -3.65. The molecule has 1 heterocycles. The molecular formula is C19H16BrF3N2O6S. The van der Waals surface area contributed by atoms with Crippen molar-refractivity contribution in [1.82, 2.24) is 4.31 Å². The van der Waals surface area contributed by atoms with Crippen LogP contribution in [0.1, 0.15) is 19.4 Å². The number of carbonyl (C=O) groups is 1. The van der Waals surface area contributed by atoms with E-state index >= 15 is 0 Å². The minimum Gasteiger partial charge on any atom is -0.363 e. The van der Waals surface area contributed by atoms with E-state index in [2.05, 4.69) is 15.9 Å². The summed E-state index contributed by atoms with van der Waals surface area (Å²) in [6, 6.07) is 6.93. The summed E-state index contributed by atoms with van der Waals surface area (Å²) in [7, 11) is -5.29. The van der Waals surface area contributed by atoms with E-state index in [9.17, 15) is 36.5 Å². The van der Waals surface area contributed by atoms with Crippen molar-refractivity contribution in [3.8, 4) is 0 Å². The molecule has 0 bridgehead atoms. The number of alkyl halides is 2. The van der Waals surface area contributed by atoms with E-state index in [-0.39, 0.29) is 8.78 Å². The number of carbonyl (C=O) groups excluding carboxylic acids is 1. The number of ether oxygens (including phenoxy) is 1. The summed E-state index contributed by atoms with van der Waals surface area (Å²) in [4.78, 5) is 22.6. The van der Waals surface area contributed by atoms with Crippen LogP contribution in [0.4, 0.5) is 18.9 Å². The quantitative estimate of drug-likeness (QED) is 0.422. The van der Waals surface area contributed by atoms with Crippen molar-refractivity contribution >= 4 is 37.5 Å². The minimum absolute atomic E-state index is 0.134. The average molecular weight is 537 g/mol. The standard InChI is InChI=1S/C19H16BrF3N2O6S/c1-18(2)17(26)24(32(29,30)15-6-4-3-5-14(15)25(27)28)19(10-31-18,16(22)23)12-9-11(20)7-8-13(12)21/h3-9,16H,10H2,1-2H3. The first-order valence-electron chi connectivity index (χ1n) is 8.97. The van der Waals surface area contributed by atoms with E-state index in [1.165, 1.54) is 12.1 Å². The maximum absolute atomic E-state index is 14.8. The zero-order valence-corrected chi connectivity index (χ0v) is 19.0. The Balaban J connectivity index is 2.42. The van der Waals surface area contributed by atoms with Gasteiger partial charge in [0.25, 0.3) is 28.0 Å². The van der Waals surface area contributed by atoms with Gasteiger partial charge in [-0.1, -0.05) is 28.1 Å². The second kappa shape index (κ2) is 8.12. The van der Waals surface area contributed by atoms with E-state index in [0.717, 1.165) is 44.2 Å². The molecule has 1 amide bonds. The zero-order valence-electron chi connectivity index (χ0n) is 16.6. The van der Waals surface area contributed by atoms with Crippen LogP contribution in [0.15, 0.2) is 51.8 Å². The minimum atomic E-state index is -5.29. The molecule has 0 aliphatic carbocycles. The number of benzene rings is 2. The molecule has 2 aromatic rings. The molecule has 2 aromatic carbocycles. The number of halogens is 4. The number of rotatable bonds is 5. The number of nitro benzene ring substituents is 1. The molecule has 0 N–H and O–H groups in total. The van der Waals surface area contributed by atoms with E-state index in [4.69, 9.17) is 4.74 Å². The van der Waals surface area contributed by atoms with Crippen LogP contribution >= 0.6 is 15.9 Å². The van der Waals surface area contributed by atoms with Crippen LogP contribution < -0.4 is 0 Å². The average Bonchev–Trinajstić information content (AvgIpc) is 2.71. The van der Waals surface area contributed by atoms with Gasteiger partial charge >= 0.3 is 0 Å². The lowest BCUT2D eigenvalue weighted by atomic mass is 9.87. The summed E-state index contributed by atoms with van der Waals surface area (Å²) in [5, 5.41) is 11.4. The number of para-hydroxylation sites is 1. The Kier molecular flexibility index (Phi) is 6.13. The number of morpholine rings is 1. The van der Waals surface area contributed by atoms with Crippen LogP contribution in [0.5, 0.6) is 0 Å². The number of hydrogen-bond donors (Lipinski definition) is 0. The summed E-state index contributed by atoms with van der Waals surface area (Å²) < 4.78 is 76.6. The number of sulfonamides is 1. The Morgan fingerprint density at radius 3 is 2.44 bits per heavy atom. The first kappa shape index (κ1) is 24.1. The molecule has 13 heteroatoms. The lowest BCUT2D eigenvalue weighted by Gasteiger charge is -2.49. The topological polar surface area (TPSA) is 107 Å². The van der Waals surface area contributed by atoms with Crippen LogP contribution in [-0.2, 0) is 25.1 Å². The normalized spacial score (nSPS) is 21.1. The molecule has 1 atom stereocenters. The van der Waals surface area contributed by atoms with E-state index in [0.29, 0.717) is 0 Å². The lowest BCUT2D eigenvalue weighted by Crippen LogP contribution is -2.68. The van der Waals surface area contributed by atoms with Crippen molar-refractivity contribution < 1.29 is 36.0 Å². The monoisotopic (exact) mass is 536 g/mol. The van der Waals surface area contributed by atoms with Crippen LogP contribution in [0.25, 0.3) is 0 Å². The smallest absolute Gasteiger partial charge is 0.289 e. The van der Waals surface area contributed by atoms with Gasteiger partial charge in [-0.2, -0.15) is 0 Å². The van der Waals surface area contributed by atoms with Gasteiger partial charge in [0, 0.05) is 16.1 Å².